The second-order valence-corrected chi connectivity index (χ2v) is 9.66. The Labute approximate surface area is 173 Å². The van der Waals surface area contributed by atoms with E-state index >= 15 is 0 Å². The molecule has 28 heavy (non-hydrogen) atoms. The first-order chi connectivity index (χ1) is 13.1. The summed E-state index contributed by atoms with van der Waals surface area (Å²) in [6.07, 6.45) is 4.53. The number of carbonyl (C=O) groups is 1. The molecule has 3 rings (SSSR count). The Kier molecular flexibility index (Phi) is 5.65. The van der Waals surface area contributed by atoms with Crippen molar-refractivity contribution in [1.29, 1.82) is 0 Å². The van der Waals surface area contributed by atoms with Crippen LogP contribution in [0.3, 0.4) is 0 Å². The van der Waals surface area contributed by atoms with Crippen LogP contribution >= 0.6 is 23.2 Å². The zero-order chi connectivity index (χ0) is 20.5. The number of nitrogens with zero attached hydrogens (tertiary/aromatic N) is 2. The molecule has 2 aromatic rings. The Balaban J connectivity index is 1.68. The summed E-state index contributed by atoms with van der Waals surface area (Å²) in [5, 5.41) is 2.80. The number of allylic oxidation sites excluding steroid dienone is 1. The number of halogens is 2. The minimum Gasteiger partial charge on any atom is -0.326 e. The van der Waals surface area contributed by atoms with E-state index in [9.17, 15) is 13.2 Å². The molecule has 1 aliphatic carbocycles. The van der Waals surface area contributed by atoms with Crippen LogP contribution in [0.4, 0.5) is 11.6 Å². The smallest absolute Gasteiger partial charge is 0.264 e. The molecule has 0 saturated heterocycles. The highest BCUT2D eigenvalue weighted by Gasteiger charge is 2.60. The van der Waals surface area contributed by atoms with Gasteiger partial charge in [-0.15, -0.1) is 0 Å². The fraction of sp³-hybridized carbons (Fsp3) is 0.278. The first-order valence-electron chi connectivity index (χ1n) is 8.35. The maximum atomic E-state index is 12.5. The average Bonchev–Trinajstić information content (AvgIpc) is 3.15. The van der Waals surface area contributed by atoms with Gasteiger partial charge in [0, 0.05) is 18.1 Å². The Bertz CT molecular complexity index is 1000. The van der Waals surface area contributed by atoms with E-state index in [-0.39, 0.29) is 38.5 Å². The predicted octanol–water partition coefficient (Wildman–Crippen LogP) is 3.81. The highest BCUT2D eigenvalue weighted by Crippen LogP contribution is 2.60. The third kappa shape index (κ3) is 4.45. The van der Waals surface area contributed by atoms with Crippen LogP contribution in [0.15, 0.2) is 58.2 Å². The first kappa shape index (κ1) is 20.6. The van der Waals surface area contributed by atoms with Gasteiger partial charge in [0.05, 0.1) is 10.8 Å². The Morgan fingerprint density at radius 1 is 1.14 bits per heavy atom. The first-order valence-corrected chi connectivity index (χ1v) is 10.6. The van der Waals surface area contributed by atoms with Gasteiger partial charge in [-0.2, -0.15) is 0 Å². The van der Waals surface area contributed by atoms with Crippen LogP contribution in [-0.2, 0) is 14.8 Å². The monoisotopic (exact) mass is 440 g/mol. The minimum atomic E-state index is -3.83. The summed E-state index contributed by atoms with van der Waals surface area (Å²) >= 11 is 11.4. The van der Waals surface area contributed by atoms with Crippen molar-refractivity contribution in [3.8, 4) is 0 Å². The molecule has 0 radical (unpaired) electrons. The summed E-state index contributed by atoms with van der Waals surface area (Å²) in [4.78, 5) is 20.2. The summed E-state index contributed by atoms with van der Waals surface area (Å²) in [7, 11) is -3.83. The topological polar surface area (TPSA) is 101 Å². The van der Waals surface area contributed by atoms with E-state index in [1.807, 2.05) is 13.8 Å². The molecule has 1 aromatic carbocycles. The van der Waals surface area contributed by atoms with Crippen molar-refractivity contribution in [1.82, 2.24) is 9.97 Å². The van der Waals surface area contributed by atoms with E-state index in [2.05, 4.69) is 20.0 Å². The van der Waals surface area contributed by atoms with Crippen LogP contribution in [-0.4, -0.2) is 24.3 Å². The van der Waals surface area contributed by atoms with Gasteiger partial charge in [-0.25, -0.2) is 23.1 Å². The number of anilines is 2. The lowest BCUT2D eigenvalue weighted by molar-refractivity contribution is -0.118. The molecule has 1 fully saturated rings. The fourth-order valence-corrected chi connectivity index (χ4v) is 4.32. The molecule has 1 amide bonds. The van der Waals surface area contributed by atoms with Crippen LogP contribution < -0.4 is 10.0 Å². The number of benzene rings is 1. The SMILES string of the molecule is CC1(C)[C@H](C(=O)Nc2ccc(S(=O)(=O)Nc3ncccn3)cc2)[C@@H]1C=C(Cl)Cl. The lowest BCUT2D eigenvalue weighted by Gasteiger charge is -2.09. The summed E-state index contributed by atoms with van der Waals surface area (Å²) in [6.45, 7) is 3.92. The summed E-state index contributed by atoms with van der Waals surface area (Å²) < 4.78 is 27.2. The standard InChI is InChI=1S/C18H18Cl2N4O3S/c1-18(2)13(10-14(19)20)15(18)16(25)23-11-4-6-12(7-5-11)28(26,27)24-17-21-8-3-9-22-17/h3-10,13,15H,1-2H3,(H,23,25)(H,21,22,24)/t13-,15-/m0/s1. The molecular weight excluding hydrogens is 423 g/mol. The van der Waals surface area contributed by atoms with Gasteiger partial charge in [0.2, 0.25) is 11.9 Å². The number of rotatable bonds is 6. The number of amides is 1. The van der Waals surface area contributed by atoms with Gasteiger partial charge < -0.3 is 5.32 Å². The molecule has 10 heteroatoms. The third-order valence-corrected chi connectivity index (χ3v) is 6.32. The largest absolute Gasteiger partial charge is 0.326 e. The van der Waals surface area contributed by atoms with Gasteiger partial charge in [0.1, 0.15) is 4.49 Å². The summed E-state index contributed by atoms with van der Waals surface area (Å²) in [5.74, 6) is -0.507. The predicted molar refractivity (Wildman–Crippen MR) is 108 cm³/mol. The number of hydrogen-bond donors (Lipinski definition) is 2. The molecule has 1 aromatic heterocycles. The van der Waals surface area contributed by atoms with Crippen molar-refractivity contribution >= 4 is 50.8 Å². The van der Waals surface area contributed by atoms with Gasteiger partial charge in [-0.3, -0.25) is 4.79 Å². The normalized spacial score (nSPS) is 20.1. The van der Waals surface area contributed by atoms with Crippen molar-refractivity contribution in [2.45, 2.75) is 18.7 Å². The molecule has 148 valence electrons. The zero-order valence-electron chi connectivity index (χ0n) is 15.1. The molecule has 0 aliphatic heterocycles. The van der Waals surface area contributed by atoms with Gasteiger partial charge >= 0.3 is 0 Å². The highest BCUT2D eigenvalue weighted by molar-refractivity contribution is 7.92. The van der Waals surface area contributed by atoms with Crippen LogP contribution in [0.5, 0.6) is 0 Å². The van der Waals surface area contributed by atoms with Crippen molar-refractivity contribution in [3.05, 3.63) is 53.3 Å². The number of sulfonamides is 1. The number of aromatic nitrogens is 2. The van der Waals surface area contributed by atoms with E-state index in [0.717, 1.165) is 0 Å². The fourth-order valence-electron chi connectivity index (χ4n) is 3.09. The van der Waals surface area contributed by atoms with Crippen LogP contribution in [0.1, 0.15) is 13.8 Å². The van der Waals surface area contributed by atoms with Crippen LogP contribution in [0.25, 0.3) is 0 Å². The molecule has 7 nitrogen and oxygen atoms in total. The number of nitrogens with one attached hydrogen (secondary N) is 2. The van der Waals surface area contributed by atoms with Gasteiger partial charge in [-0.1, -0.05) is 37.0 Å². The lowest BCUT2D eigenvalue weighted by Crippen LogP contribution is -2.17. The minimum absolute atomic E-state index is 0.0205. The lowest BCUT2D eigenvalue weighted by atomic mass is 10.1. The van der Waals surface area contributed by atoms with Crippen molar-refractivity contribution in [3.63, 3.8) is 0 Å². The van der Waals surface area contributed by atoms with Gasteiger partial charge in [0.15, 0.2) is 0 Å². The molecule has 2 N–H and O–H groups in total. The van der Waals surface area contributed by atoms with E-state index in [1.54, 1.807) is 12.1 Å². The van der Waals surface area contributed by atoms with E-state index in [1.165, 1.54) is 36.7 Å². The van der Waals surface area contributed by atoms with Gasteiger partial charge in [0.25, 0.3) is 10.0 Å². The second-order valence-electron chi connectivity index (χ2n) is 6.97. The molecule has 0 bridgehead atoms. The zero-order valence-corrected chi connectivity index (χ0v) is 17.4. The maximum Gasteiger partial charge on any atom is 0.264 e. The third-order valence-electron chi connectivity index (χ3n) is 4.72. The Hall–Kier alpha value is -2.16. The second kappa shape index (κ2) is 7.69. The van der Waals surface area contributed by atoms with E-state index in [0.29, 0.717) is 5.69 Å². The summed E-state index contributed by atoms with van der Waals surface area (Å²) in [5.41, 5.74) is 0.240. The molecule has 2 atom stereocenters. The molecular formula is C18H18Cl2N4O3S. The molecule has 1 saturated carbocycles. The Morgan fingerprint density at radius 2 is 1.75 bits per heavy atom. The Morgan fingerprint density at radius 3 is 2.32 bits per heavy atom. The summed E-state index contributed by atoms with van der Waals surface area (Å²) in [6, 6.07) is 7.41. The maximum absolute atomic E-state index is 12.5. The molecule has 0 spiro atoms. The number of carbonyl (C=O) groups excluding carboxylic acids is 1. The molecule has 0 unspecified atom stereocenters. The van der Waals surface area contributed by atoms with E-state index < -0.39 is 10.0 Å². The number of hydrogen-bond acceptors (Lipinski definition) is 5. The molecule has 1 aliphatic rings. The van der Waals surface area contributed by atoms with Gasteiger partial charge in [-0.05, 0) is 47.7 Å². The molecule has 1 heterocycles. The van der Waals surface area contributed by atoms with Crippen molar-refractivity contribution in [2.75, 3.05) is 10.0 Å². The van der Waals surface area contributed by atoms with Crippen molar-refractivity contribution in [2.24, 2.45) is 17.3 Å². The quantitative estimate of drug-likeness (QED) is 0.710. The highest BCUT2D eigenvalue weighted by atomic mass is 35.5. The van der Waals surface area contributed by atoms with E-state index in [4.69, 9.17) is 23.2 Å². The van der Waals surface area contributed by atoms with Crippen LogP contribution in [0.2, 0.25) is 0 Å². The average molecular weight is 441 g/mol. The van der Waals surface area contributed by atoms with Crippen LogP contribution in [0, 0.1) is 17.3 Å². The van der Waals surface area contributed by atoms with Crippen molar-refractivity contribution < 1.29 is 13.2 Å².